The minimum absolute atomic E-state index is 0.137. The van der Waals surface area contributed by atoms with Gasteiger partial charge in [0.25, 0.3) is 0 Å². The largest absolute Gasteiger partial charge is 0.405 e. The molecule has 0 saturated carbocycles. The Balaban J connectivity index is 1.87. The lowest BCUT2D eigenvalue weighted by atomic mass is 10.2. The molecule has 1 fully saturated rings. The lowest BCUT2D eigenvalue weighted by Crippen LogP contribution is -2.58. The standard InChI is InChI=1S/C13H21F3N6O3S/c1-21-9-10(6-19-21)26(24,25)20-8-12(23)18-7-11(13(14,15)16)22-4-2-17-3-5-22/h6,9,11,17,20H,2-5,7-8H2,1H3,(H,18,23). The number of hydrogen-bond donors (Lipinski definition) is 3. The van der Waals surface area contributed by atoms with E-state index in [4.69, 9.17) is 0 Å². The summed E-state index contributed by atoms with van der Waals surface area (Å²) in [6.45, 7) is -0.00143. The fraction of sp³-hybridized carbons (Fsp3) is 0.692. The number of hydrogen-bond acceptors (Lipinski definition) is 6. The molecule has 0 aliphatic carbocycles. The Morgan fingerprint density at radius 3 is 2.58 bits per heavy atom. The van der Waals surface area contributed by atoms with E-state index in [9.17, 15) is 26.4 Å². The van der Waals surface area contributed by atoms with Crippen molar-refractivity contribution in [2.45, 2.75) is 17.1 Å². The van der Waals surface area contributed by atoms with Crippen LogP contribution >= 0.6 is 0 Å². The number of nitrogens with zero attached hydrogens (tertiary/aromatic N) is 3. The number of carbonyl (C=O) groups excluding carboxylic acids is 1. The number of sulfonamides is 1. The van der Waals surface area contributed by atoms with Crippen LogP contribution in [0.1, 0.15) is 0 Å². The van der Waals surface area contributed by atoms with Crippen LogP contribution in [0.4, 0.5) is 13.2 Å². The maximum atomic E-state index is 13.2. The summed E-state index contributed by atoms with van der Waals surface area (Å²) in [5.74, 6) is -0.846. The van der Waals surface area contributed by atoms with E-state index in [1.165, 1.54) is 22.8 Å². The van der Waals surface area contributed by atoms with Gasteiger partial charge in [-0.05, 0) is 0 Å². The minimum atomic E-state index is -4.50. The van der Waals surface area contributed by atoms with Gasteiger partial charge in [-0.25, -0.2) is 13.1 Å². The van der Waals surface area contributed by atoms with Crippen molar-refractivity contribution in [3.63, 3.8) is 0 Å². The van der Waals surface area contributed by atoms with Gasteiger partial charge >= 0.3 is 6.18 Å². The first-order chi connectivity index (χ1) is 12.1. The van der Waals surface area contributed by atoms with E-state index in [-0.39, 0.29) is 18.0 Å². The summed E-state index contributed by atoms with van der Waals surface area (Å²) in [4.78, 5) is 12.9. The Labute approximate surface area is 149 Å². The Hall–Kier alpha value is -1.70. The molecule has 1 aromatic heterocycles. The van der Waals surface area contributed by atoms with Crippen LogP contribution in [0, 0.1) is 0 Å². The Morgan fingerprint density at radius 1 is 1.38 bits per heavy atom. The van der Waals surface area contributed by atoms with Crippen molar-refractivity contribution >= 4 is 15.9 Å². The summed E-state index contributed by atoms with van der Waals surface area (Å²) in [5, 5.41) is 8.82. The van der Waals surface area contributed by atoms with Crippen molar-refractivity contribution < 1.29 is 26.4 Å². The van der Waals surface area contributed by atoms with Crippen LogP contribution in [0.15, 0.2) is 17.3 Å². The predicted octanol–water partition coefficient (Wildman–Crippen LogP) is -1.35. The zero-order chi connectivity index (χ0) is 19.4. The molecule has 0 bridgehead atoms. The number of carbonyl (C=O) groups is 1. The average molecular weight is 398 g/mol. The van der Waals surface area contributed by atoms with Crippen LogP contribution in [0.2, 0.25) is 0 Å². The molecule has 2 rings (SSSR count). The zero-order valence-corrected chi connectivity index (χ0v) is 14.9. The highest BCUT2D eigenvalue weighted by molar-refractivity contribution is 7.89. The summed E-state index contributed by atoms with van der Waals surface area (Å²) in [6, 6.07) is -1.82. The smallest absolute Gasteiger partial charge is 0.353 e. The van der Waals surface area contributed by atoms with Crippen molar-refractivity contribution in [3.05, 3.63) is 12.4 Å². The molecule has 26 heavy (non-hydrogen) atoms. The van der Waals surface area contributed by atoms with Gasteiger partial charge in [-0.15, -0.1) is 0 Å². The third-order valence-electron chi connectivity index (χ3n) is 3.88. The predicted molar refractivity (Wildman–Crippen MR) is 85.7 cm³/mol. The van der Waals surface area contributed by atoms with Gasteiger partial charge in [0.05, 0.1) is 12.7 Å². The van der Waals surface area contributed by atoms with E-state index >= 15 is 0 Å². The number of alkyl halides is 3. The van der Waals surface area contributed by atoms with Crippen molar-refractivity contribution in [2.75, 3.05) is 39.3 Å². The van der Waals surface area contributed by atoms with Gasteiger partial charge in [0.2, 0.25) is 15.9 Å². The Kier molecular flexibility index (Phi) is 6.60. The third kappa shape index (κ3) is 5.65. The van der Waals surface area contributed by atoms with Gasteiger partial charge in [0.1, 0.15) is 10.9 Å². The van der Waals surface area contributed by atoms with Gasteiger partial charge in [-0.1, -0.05) is 0 Å². The molecular formula is C13H21F3N6O3S. The van der Waals surface area contributed by atoms with Crippen molar-refractivity contribution in [1.82, 2.24) is 30.0 Å². The van der Waals surface area contributed by atoms with Gasteiger partial charge in [-0.3, -0.25) is 14.4 Å². The van der Waals surface area contributed by atoms with Crippen LogP contribution in [-0.4, -0.2) is 80.5 Å². The molecule has 0 radical (unpaired) electrons. The fourth-order valence-electron chi connectivity index (χ4n) is 2.50. The average Bonchev–Trinajstić information content (AvgIpc) is 3.00. The van der Waals surface area contributed by atoms with Crippen LogP contribution in [-0.2, 0) is 21.9 Å². The van der Waals surface area contributed by atoms with Gasteiger partial charge in [-0.2, -0.15) is 18.3 Å². The molecule has 148 valence electrons. The number of rotatable bonds is 7. The van der Waals surface area contributed by atoms with E-state index in [1.54, 1.807) is 0 Å². The second-order valence-electron chi connectivity index (χ2n) is 5.82. The number of halogens is 3. The van der Waals surface area contributed by atoms with Crippen LogP contribution in [0.25, 0.3) is 0 Å². The van der Waals surface area contributed by atoms with E-state index in [0.29, 0.717) is 13.1 Å². The first-order valence-electron chi connectivity index (χ1n) is 7.86. The zero-order valence-electron chi connectivity index (χ0n) is 14.1. The second kappa shape index (κ2) is 8.33. The summed E-state index contributed by atoms with van der Waals surface area (Å²) >= 11 is 0. The summed E-state index contributed by atoms with van der Waals surface area (Å²) in [7, 11) is -2.43. The molecule has 9 nitrogen and oxygen atoms in total. The first kappa shape index (κ1) is 20.6. The fourth-order valence-corrected chi connectivity index (χ4v) is 3.47. The highest BCUT2D eigenvalue weighted by atomic mass is 32.2. The molecule has 1 aliphatic heterocycles. The molecule has 1 saturated heterocycles. The summed E-state index contributed by atoms with van der Waals surface area (Å²) in [6.07, 6.45) is -2.16. The Morgan fingerprint density at radius 2 is 2.04 bits per heavy atom. The quantitative estimate of drug-likeness (QED) is 0.524. The highest BCUT2D eigenvalue weighted by Crippen LogP contribution is 2.24. The molecule has 0 spiro atoms. The Bertz CT molecular complexity index is 715. The number of aromatic nitrogens is 2. The lowest BCUT2D eigenvalue weighted by molar-refractivity contribution is -0.184. The van der Waals surface area contributed by atoms with Crippen LogP contribution in [0.5, 0.6) is 0 Å². The van der Waals surface area contributed by atoms with Gasteiger partial charge < -0.3 is 10.6 Å². The molecule has 1 aliphatic rings. The van der Waals surface area contributed by atoms with Gasteiger partial charge in [0.15, 0.2) is 0 Å². The monoisotopic (exact) mass is 398 g/mol. The van der Waals surface area contributed by atoms with Crippen molar-refractivity contribution in [1.29, 1.82) is 0 Å². The molecule has 1 atom stereocenters. The summed E-state index contributed by atoms with van der Waals surface area (Å²) in [5.41, 5.74) is 0. The molecule has 0 aromatic carbocycles. The molecule has 1 unspecified atom stereocenters. The second-order valence-corrected chi connectivity index (χ2v) is 7.59. The minimum Gasteiger partial charge on any atom is -0.353 e. The summed E-state index contributed by atoms with van der Waals surface area (Å²) < 4.78 is 66.9. The number of amides is 1. The lowest BCUT2D eigenvalue weighted by Gasteiger charge is -2.35. The third-order valence-corrected chi connectivity index (χ3v) is 5.23. The van der Waals surface area contributed by atoms with E-state index in [1.807, 2.05) is 4.72 Å². The molecular weight excluding hydrogens is 377 g/mol. The molecule has 2 heterocycles. The van der Waals surface area contributed by atoms with E-state index in [0.717, 1.165) is 6.20 Å². The number of aryl methyl sites for hydroxylation is 1. The normalized spacial score (nSPS) is 17.8. The van der Waals surface area contributed by atoms with Crippen LogP contribution < -0.4 is 15.4 Å². The SMILES string of the molecule is Cn1cc(S(=O)(=O)NCC(=O)NCC(N2CCNCC2)C(F)(F)F)cn1. The molecule has 13 heteroatoms. The number of piperazine rings is 1. The van der Waals surface area contributed by atoms with E-state index in [2.05, 4.69) is 15.7 Å². The van der Waals surface area contributed by atoms with Crippen molar-refractivity contribution in [3.8, 4) is 0 Å². The van der Waals surface area contributed by atoms with E-state index < -0.39 is 41.2 Å². The number of nitrogens with one attached hydrogen (secondary N) is 3. The first-order valence-corrected chi connectivity index (χ1v) is 9.34. The molecule has 1 amide bonds. The van der Waals surface area contributed by atoms with Crippen molar-refractivity contribution in [2.24, 2.45) is 7.05 Å². The highest BCUT2D eigenvalue weighted by Gasteiger charge is 2.43. The maximum Gasteiger partial charge on any atom is 0.405 e. The molecule has 1 aromatic rings. The molecule has 3 N–H and O–H groups in total. The van der Waals surface area contributed by atoms with Crippen LogP contribution in [0.3, 0.4) is 0 Å². The topological polar surface area (TPSA) is 108 Å². The maximum absolute atomic E-state index is 13.2. The van der Waals surface area contributed by atoms with Gasteiger partial charge in [0, 0.05) is 46.0 Å².